The van der Waals surface area contributed by atoms with Crippen molar-refractivity contribution < 1.29 is 27.3 Å². The van der Waals surface area contributed by atoms with Gasteiger partial charge >= 0.3 is 5.97 Å². The third kappa shape index (κ3) is 5.43. The average molecular weight is 483 g/mol. The zero-order valence-electron chi connectivity index (χ0n) is 17.0. The van der Waals surface area contributed by atoms with Gasteiger partial charge < -0.3 is 4.74 Å². The van der Waals surface area contributed by atoms with E-state index in [0.29, 0.717) is 18.4 Å². The Hall–Kier alpha value is -2.98. The number of carbonyl (C=O) groups is 1. The number of hydrogen-bond acceptors (Lipinski definition) is 6. The van der Waals surface area contributed by atoms with Crippen LogP contribution in [0.4, 0.5) is 15.8 Å². The van der Waals surface area contributed by atoms with E-state index in [1.807, 2.05) is 0 Å². The van der Waals surface area contributed by atoms with Crippen LogP contribution in [0.25, 0.3) is 0 Å². The summed E-state index contributed by atoms with van der Waals surface area (Å²) in [5.74, 6) is -1.41. The molecule has 2 aromatic carbocycles. The van der Waals surface area contributed by atoms with Crippen molar-refractivity contribution in [2.75, 3.05) is 4.72 Å². The second-order valence-electron chi connectivity index (χ2n) is 7.25. The molecule has 11 heteroatoms. The predicted molar refractivity (Wildman–Crippen MR) is 117 cm³/mol. The van der Waals surface area contributed by atoms with Gasteiger partial charge in [-0.05, 0) is 62.1 Å². The molecule has 0 bridgehead atoms. The van der Waals surface area contributed by atoms with Crippen molar-refractivity contribution in [3.63, 3.8) is 0 Å². The van der Waals surface area contributed by atoms with E-state index in [1.165, 1.54) is 36.4 Å². The highest BCUT2D eigenvalue weighted by molar-refractivity contribution is 7.93. The number of anilines is 1. The molecule has 1 aliphatic rings. The van der Waals surface area contributed by atoms with Gasteiger partial charge in [0, 0.05) is 12.1 Å². The molecule has 0 saturated heterocycles. The normalized spacial score (nSPS) is 17.2. The molecule has 1 aliphatic carbocycles. The van der Waals surface area contributed by atoms with Gasteiger partial charge in [-0.3, -0.25) is 14.8 Å². The molecule has 0 unspecified atom stereocenters. The lowest BCUT2D eigenvalue weighted by Gasteiger charge is -2.25. The molecule has 3 rings (SSSR count). The lowest BCUT2D eigenvalue weighted by Crippen LogP contribution is -2.35. The fraction of sp³-hybridized carbons (Fsp3) is 0.286. The van der Waals surface area contributed by atoms with Crippen LogP contribution in [0.1, 0.15) is 37.9 Å². The summed E-state index contributed by atoms with van der Waals surface area (Å²) in [6, 6.07) is 8.79. The first kappa shape index (κ1) is 23.7. The number of nitro groups is 1. The fourth-order valence-electron chi connectivity index (χ4n) is 3.35. The Balaban J connectivity index is 1.77. The smallest absolute Gasteiger partial charge is 0.335 e. The molecular weight excluding hydrogens is 463 g/mol. The molecule has 0 aliphatic heterocycles. The van der Waals surface area contributed by atoms with Crippen LogP contribution in [-0.4, -0.2) is 24.6 Å². The molecule has 0 aromatic heterocycles. The number of hydrogen-bond donors (Lipinski definition) is 1. The number of rotatable bonds is 7. The number of ether oxygens (including phenoxy) is 1. The zero-order chi connectivity index (χ0) is 23.5. The lowest BCUT2D eigenvalue weighted by atomic mass is 9.99. The van der Waals surface area contributed by atoms with E-state index in [0.717, 1.165) is 12.1 Å². The van der Waals surface area contributed by atoms with Crippen LogP contribution in [0.3, 0.4) is 0 Å². The van der Waals surface area contributed by atoms with E-state index >= 15 is 0 Å². The lowest BCUT2D eigenvalue weighted by molar-refractivity contribution is -0.384. The highest BCUT2D eigenvalue weighted by Crippen LogP contribution is 2.31. The van der Waals surface area contributed by atoms with Crippen molar-refractivity contribution in [3.8, 4) is 0 Å². The Bertz CT molecular complexity index is 1170. The van der Waals surface area contributed by atoms with Gasteiger partial charge in [-0.1, -0.05) is 17.7 Å². The van der Waals surface area contributed by atoms with Crippen LogP contribution in [0.15, 0.2) is 54.1 Å². The largest absolute Gasteiger partial charge is 0.454 e. The van der Waals surface area contributed by atoms with Gasteiger partial charge in [0.2, 0.25) is 10.0 Å². The summed E-state index contributed by atoms with van der Waals surface area (Å²) >= 11 is 5.93. The zero-order valence-corrected chi connectivity index (χ0v) is 18.5. The molecule has 0 heterocycles. The van der Waals surface area contributed by atoms with Gasteiger partial charge in [0.15, 0.2) is 0 Å². The van der Waals surface area contributed by atoms with Gasteiger partial charge in [0.05, 0.1) is 21.2 Å². The first-order chi connectivity index (χ1) is 15.1. The van der Waals surface area contributed by atoms with Crippen molar-refractivity contribution in [1.82, 2.24) is 0 Å². The summed E-state index contributed by atoms with van der Waals surface area (Å²) in [6.07, 6.45) is 2.04. The summed E-state index contributed by atoms with van der Waals surface area (Å²) in [6.45, 7) is 1.59. The van der Waals surface area contributed by atoms with Crippen LogP contribution in [0, 0.1) is 15.9 Å². The number of halogens is 2. The second kappa shape index (κ2) is 9.66. The first-order valence-corrected chi connectivity index (χ1v) is 11.6. The third-order valence-electron chi connectivity index (χ3n) is 5.03. The van der Waals surface area contributed by atoms with E-state index < -0.39 is 38.1 Å². The topological polar surface area (TPSA) is 116 Å². The maximum Gasteiger partial charge on any atom is 0.335 e. The number of non-ortho nitro benzene ring substituents is 1. The number of allylic oxidation sites excluding steroid dienone is 1. The monoisotopic (exact) mass is 482 g/mol. The number of esters is 1. The molecule has 0 spiro atoms. The van der Waals surface area contributed by atoms with Crippen LogP contribution in [0.2, 0.25) is 5.02 Å². The van der Waals surface area contributed by atoms with E-state index in [-0.39, 0.29) is 28.4 Å². The Kier molecular flexibility index (Phi) is 7.15. The van der Waals surface area contributed by atoms with E-state index in [4.69, 9.17) is 16.3 Å². The molecule has 2 aromatic rings. The molecule has 32 heavy (non-hydrogen) atoms. The maximum atomic E-state index is 13.3. The highest BCUT2D eigenvalue weighted by atomic mass is 35.5. The number of carbonyl (C=O) groups excluding carboxylic acids is 1. The van der Waals surface area contributed by atoms with Crippen LogP contribution in [0.5, 0.6) is 0 Å². The van der Waals surface area contributed by atoms with Gasteiger partial charge in [-0.2, -0.15) is 0 Å². The SMILES string of the molecule is C[C@@H](OC(=O)C1=CCCC[C@@H]1S(=O)(=O)Nc1ccc(F)cc1Cl)c1ccc([N+](=O)[O-])cc1. The van der Waals surface area contributed by atoms with E-state index in [1.54, 1.807) is 6.92 Å². The van der Waals surface area contributed by atoms with Crippen molar-refractivity contribution in [3.05, 3.63) is 80.6 Å². The predicted octanol–water partition coefficient (Wildman–Crippen LogP) is 4.91. The molecule has 170 valence electrons. The Morgan fingerprint density at radius 3 is 2.59 bits per heavy atom. The highest BCUT2D eigenvalue weighted by Gasteiger charge is 2.36. The molecule has 0 amide bonds. The number of benzene rings is 2. The molecule has 0 fully saturated rings. The summed E-state index contributed by atoms with van der Waals surface area (Å²) in [5, 5.41) is 9.51. The standard InChI is InChI=1S/C21H20ClFN2O6S/c1-13(14-6-9-16(10-7-14)25(27)28)31-21(26)17-4-2-3-5-20(17)32(29,30)24-19-11-8-15(23)12-18(19)22/h4,6-13,20,24H,2-3,5H2,1H3/t13-,20+/m1/s1. The van der Waals surface area contributed by atoms with Gasteiger partial charge in [0.1, 0.15) is 17.2 Å². The van der Waals surface area contributed by atoms with Crippen LogP contribution in [-0.2, 0) is 19.6 Å². The number of nitrogens with zero attached hydrogens (tertiary/aromatic N) is 1. The van der Waals surface area contributed by atoms with Crippen molar-refractivity contribution in [2.24, 2.45) is 0 Å². The Morgan fingerprint density at radius 1 is 1.28 bits per heavy atom. The molecule has 0 saturated carbocycles. The molecule has 0 radical (unpaired) electrons. The summed E-state index contributed by atoms with van der Waals surface area (Å²) in [4.78, 5) is 23.1. The van der Waals surface area contributed by atoms with Gasteiger partial charge in [-0.15, -0.1) is 0 Å². The Labute approximate surface area is 189 Å². The Morgan fingerprint density at radius 2 is 1.97 bits per heavy atom. The second-order valence-corrected chi connectivity index (χ2v) is 9.52. The minimum atomic E-state index is -4.08. The summed E-state index contributed by atoms with van der Waals surface area (Å²) in [7, 11) is -4.08. The summed E-state index contributed by atoms with van der Waals surface area (Å²) < 4.78 is 47.0. The average Bonchev–Trinajstić information content (AvgIpc) is 2.75. The first-order valence-electron chi connectivity index (χ1n) is 9.70. The number of nitrogens with one attached hydrogen (secondary N) is 1. The maximum absolute atomic E-state index is 13.3. The summed E-state index contributed by atoms with van der Waals surface area (Å²) in [5.41, 5.74) is 0.427. The number of sulfonamides is 1. The molecule has 2 atom stereocenters. The molecule has 8 nitrogen and oxygen atoms in total. The van der Waals surface area contributed by atoms with Crippen molar-refractivity contribution in [1.29, 1.82) is 0 Å². The van der Waals surface area contributed by atoms with E-state index in [2.05, 4.69) is 4.72 Å². The molecular formula is C21H20ClFN2O6S. The quantitative estimate of drug-likeness (QED) is 0.340. The van der Waals surface area contributed by atoms with Crippen LogP contribution >= 0.6 is 11.6 Å². The van der Waals surface area contributed by atoms with Gasteiger partial charge in [-0.25, -0.2) is 17.6 Å². The van der Waals surface area contributed by atoms with Gasteiger partial charge in [0.25, 0.3) is 5.69 Å². The minimum absolute atomic E-state index is 0.00394. The van der Waals surface area contributed by atoms with E-state index in [9.17, 15) is 27.7 Å². The number of nitro benzene ring substituents is 1. The molecule has 1 N–H and O–H groups in total. The minimum Gasteiger partial charge on any atom is -0.454 e. The van der Waals surface area contributed by atoms with Crippen molar-refractivity contribution >= 4 is 39.0 Å². The van der Waals surface area contributed by atoms with Crippen LogP contribution < -0.4 is 4.72 Å². The van der Waals surface area contributed by atoms with Crippen molar-refractivity contribution in [2.45, 2.75) is 37.5 Å². The fourth-order valence-corrected chi connectivity index (χ4v) is 5.25. The third-order valence-corrected chi connectivity index (χ3v) is 7.09.